The van der Waals surface area contributed by atoms with Gasteiger partial charge in [0.25, 0.3) is 0 Å². The highest BCUT2D eigenvalue weighted by molar-refractivity contribution is 7.89. The number of nitrogens with zero attached hydrogens (tertiary/aromatic N) is 2. The van der Waals surface area contributed by atoms with Gasteiger partial charge in [0.15, 0.2) is 0 Å². The van der Waals surface area contributed by atoms with E-state index in [4.69, 9.17) is 11.6 Å². The van der Waals surface area contributed by atoms with Gasteiger partial charge in [-0.15, -0.1) is 0 Å². The standard InChI is InChI=1S/C10H15ClN4O3S/c1-6(2)14-9(16)7(3)15-19(17,18)8-4-12-10(11)13-5-8/h4-7,15H,1-3H3,(H,14,16). The Morgan fingerprint density at radius 1 is 1.26 bits per heavy atom. The molecule has 1 heterocycles. The lowest BCUT2D eigenvalue weighted by Crippen LogP contribution is -2.46. The van der Waals surface area contributed by atoms with E-state index < -0.39 is 22.0 Å². The van der Waals surface area contributed by atoms with Crippen LogP contribution in [0.1, 0.15) is 20.8 Å². The average Bonchev–Trinajstić information content (AvgIpc) is 2.27. The third-order valence-electron chi connectivity index (χ3n) is 2.06. The fourth-order valence-electron chi connectivity index (χ4n) is 1.20. The molecule has 1 atom stereocenters. The number of nitrogens with one attached hydrogen (secondary N) is 2. The second-order valence-electron chi connectivity index (χ2n) is 4.19. The van der Waals surface area contributed by atoms with Crippen molar-refractivity contribution in [2.75, 3.05) is 0 Å². The van der Waals surface area contributed by atoms with Gasteiger partial charge in [0.1, 0.15) is 4.90 Å². The monoisotopic (exact) mass is 306 g/mol. The predicted molar refractivity (Wildman–Crippen MR) is 70.1 cm³/mol. The predicted octanol–water partition coefficient (Wildman–Crippen LogP) is 0.321. The Labute approximate surface area is 116 Å². The van der Waals surface area contributed by atoms with E-state index in [0.29, 0.717) is 0 Å². The molecule has 1 rings (SSSR count). The fourth-order valence-corrected chi connectivity index (χ4v) is 2.39. The lowest BCUT2D eigenvalue weighted by molar-refractivity contribution is -0.122. The van der Waals surface area contributed by atoms with E-state index in [-0.39, 0.29) is 16.2 Å². The summed E-state index contributed by atoms with van der Waals surface area (Å²) in [6, 6.07) is -0.971. The number of hydrogen-bond acceptors (Lipinski definition) is 5. The van der Waals surface area contributed by atoms with E-state index in [9.17, 15) is 13.2 Å². The van der Waals surface area contributed by atoms with E-state index >= 15 is 0 Å². The van der Waals surface area contributed by atoms with Gasteiger partial charge in [-0.3, -0.25) is 4.79 Å². The Morgan fingerprint density at radius 2 is 1.79 bits per heavy atom. The van der Waals surface area contributed by atoms with Crippen LogP contribution in [0.5, 0.6) is 0 Å². The minimum Gasteiger partial charge on any atom is -0.353 e. The van der Waals surface area contributed by atoms with E-state index in [0.717, 1.165) is 12.4 Å². The Hall–Kier alpha value is -1.25. The summed E-state index contributed by atoms with van der Waals surface area (Å²) in [6.45, 7) is 5.02. The Morgan fingerprint density at radius 3 is 2.26 bits per heavy atom. The van der Waals surface area contributed by atoms with Crippen molar-refractivity contribution in [1.82, 2.24) is 20.0 Å². The maximum atomic E-state index is 11.9. The van der Waals surface area contributed by atoms with Crippen LogP contribution in [0.3, 0.4) is 0 Å². The van der Waals surface area contributed by atoms with Gasteiger partial charge >= 0.3 is 0 Å². The van der Waals surface area contributed by atoms with Crippen molar-refractivity contribution >= 4 is 27.5 Å². The molecule has 0 bridgehead atoms. The molecule has 106 valence electrons. The van der Waals surface area contributed by atoms with Crippen molar-refractivity contribution in [3.8, 4) is 0 Å². The first kappa shape index (κ1) is 15.8. The number of carbonyl (C=O) groups is 1. The number of rotatable bonds is 5. The van der Waals surface area contributed by atoms with E-state index in [1.807, 2.05) is 0 Å². The molecule has 1 aromatic rings. The third-order valence-corrected chi connectivity index (χ3v) is 3.75. The summed E-state index contributed by atoms with van der Waals surface area (Å²) in [7, 11) is -3.85. The molecule has 0 fully saturated rings. The van der Waals surface area contributed by atoms with Crippen LogP contribution >= 0.6 is 11.6 Å². The molecule has 0 aliphatic heterocycles. The first-order chi connectivity index (χ1) is 8.72. The molecule has 1 aromatic heterocycles. The molecule has 2 N–H and O–H groups in total. The first-order valence-corrected chi connectivity index (χ1v) is 7.38. The number of sulfonamides is 1. The van der Waals surface area contributed by atoms with Gasteiger partial charge in [-0.1, -0.05) is 0 Å². The van der Waals surface area contributed by atoms with E-state index in [1.54, 1.807) is 13.8 Å². The maximum absolute atomic E-state index is 11.9. The lowest BCUT2D eigenvalue weighted by Gasteiger charge is -2.15. The Bertz CT molecular complexity index is 544. The van der Waals surface area contributed by atoms with E-state index in [1.165, 1.54) is 6.92 Å². The molecule has 0 saturated heterocycles. The zero-order chi connectivity index (χ0) is 14.6. The number of halogens is 1. The second-order valence-corrected chi connectivity index (χ2v) is 6.25. The van der Waals surface area contributed by atoms with E-state index in [2.05, 4.69) is 20.0 Å². The summed E-state index contributed by atoms with van der Waals surface area (Å²) in [5.74, 6) is -0.409. The molecule has 0 aliphatic carbocycles. The molecule has 1 amide bonds. The second kappa shape index (κ2) is 6.27. The summed E-state index contributed by atoms with van der Waals surface area (Å²) >= 11 is 5.47. The topological polar surface area (TPSA) is 101 Å². The molecule has 19 heavy (non-hydrogen) atoms. The molecule has 0 saturated carbocycles. The Kier molecular flexibility index (Phi) is 5.21. The van der Waals surface area contributed by atoms with Gasteiger partial charge in [-0.05, 0) is 32.4 Å². The van der Waals surface area contributed by atoms with Crippen LogP contribution in [0.4, 0.5) is 0 Å². The molecule has 0 aromatic carbocycles. The molecule has 0 spiro atoms. The summed E-state index contributed by atoms with van der Waals surface area (Å²) in [6.07, 6.45) is 2.15. The van der Waals surface area contributed by atoms with Crippen LogP contribution < -0.4 is 10.0 Å². The molecule has 1 unspecified atom stereocenters. The number of amides is 1. The van der Waals surface area contributed by atoms with Crippen LogP contribution in [-0.4, -0.2) is 36.4 Å². The summed E-state index contributed by atoms with van der Waals surface area (Å²) in [4.78, 5) is 18.6. The summed E-state index contributed by atoms with van der Waals surface area (Å²) < 4.78 is 26.1. The zero-order valence-corrected chi connectivity index (χ0v) is 12.3. The summed E-state index contributed by atoms with van der Waals surface area (Å²) in [5, 5.41) is 2.56. The average molecular weight is 307 g/mol. The zero-order valence-electron chi connectivity index (χ0n) is 10.7. The quantitative estimate of drug-likeness (QED) is 0.763. The molecular weight excluding hydrogens is 292 g/mol. The van der Waals surface area contributed by atoms with Gasteiger partial charge in [-0.2, -0.15) is 4.72 Å². The van der Waals surface area contributed by atoms with Crippen molar-refractivity contribution in [3.63, 3.8) is 0 Å². The first-order valence-electron chi connectivity index (χ1n) is 5.52. The minimum atomic E-state index is -3.85. The van der Waals surface area contributed by atoms with Gasteiger partial charge < -0.3 is 5.32 Å². The van der Waals surface area contributed by atoms with Crippen molar-refractivity contribution in [1.29, 1.82) is 0 Å². The smallest absolute Gasteiger partial charge is 0.244 e. The third kappa shape index (κ3) is 4.73. The van der Waals surface area contributed by atoms with Crippen LogP contribution in [0.2, 0.25) is 5.28 Å². The lowest BCUT2D eigenvalue weighted by atomic mass is 10.3. The van der Waals surface area contributed by atoms with Crippen LogP contribution in [-0.2, 0) is 14.8 Å². The van der Waals surface area contributed by atoms with Crippen LogP contribution in [0.15, 0.2) is 17.3 Å². The summed E-state index contributed by atoms with van der Waals surface area (Å²) in [5.41, 5.74) is 0. The molecule has 9 heteroatoms. The Balaban J connectivity index is 2.80. The van der Waals surface area contributed by atoms with Gasteiger partial charge in [-0.25, -0.2) is 18.4 Å². The van der Waals surface area contributed by atoms with Crippen LogP contribution in [0, 0.1) is 0 Å². The minimum absolute atomic E-state index is 0.0513. The fraction of sp³-hybridized carbons (Fsp3) is 0.500. The number of carbonyl (C=O) groups excluding carboxylic acids is 1. The van der Waals surface area contributed by atoms with Gasteiger partial charge in [0, 0.05) is 6.04 Å². The SMILES string of the molecule is CC(C)NC(=O)C(C)NS(=O)(=O)c1cnc(Cl)nc1. The largest absolute Gasteiger partial charge is 0.353 e. The van der Waals surface area contributed by atoms with Crippen LogP contribution in [0.25, 0.3) is 0 Å². The molecule has 0 aliphatic rings. The normalized spacial score (nSPS) is 13.3. The molecular formula is C10H15ClN4O3S. The van der Waals surface area contributed by atoms with Crippen molar-refractivity contribution in [2.45, 2.75) is 37.8 Å². The molecule has 7 nitrogen and oxygen atoms in total. The maximum Gasteiger partial charge on any atom is 0.244 e. The number of hydrogen-bond donors (Lipinski definition) is 2. The molecule has 0 radical (unpaired) electrons. The van der Waals surface area contributed by atoms with Crippen molar-refractivity contribution in [3.05, 3.63) is 17.7 Å². The van der Waals surface area contributed by atoms with Crippen molar-refractivity contribution in [2.24, 2.45) is 0 Å². The number of aromatic nitrogens is 2. The van der Waals surface area contributed by atoms with Gasteiger partial charge in [0.2, 0.25) is 21.2 Å². The highest BCUT2D eigenvalue weighted by atomic mass is 35.5. The highest BCUT2D eigenvalue weighted by Crippen LogP contribution is 2.08. The highest BCUT2D eigenvalue weighted by Gasteiger charge is 2.22. The van der Waals surface area contributed by atoms with Gasteiger partial charge in [0.05, 0.1) is 18.4 Å². The van der Waals surface area contributed by atoms with Crippen molar-refractivity contribution < 1.29 is 13.2 Å².